The molecule has 2 N–H and O–H groups in total. The molecule has 24 heavy (non-hydrogen) atoms. The minimum absolute atomic E-state index is 0.137. The minimum Gasteiger partial charge on any atom is -0.493 e. The Morgan fingerprint density at radius 1 is 1.08 bits per heavy atom. The van der Waals surface area contributed by atoms with E-state index in [0.29, 0.717) is 42.6 Å². The number of piperazine rings is 1. The number of nitrogens with one attached hydrogen (secondary N) is 1. The van der Waals surface area contributed by atoms with Gasteiger partial charge in [0.25, 0.3) is 0 Å². The van der Waals surface area contributed by atoms with Crippen molar-refractivity contribution in [2.45, 2.75) is 0 Å². The van der Waals surface area contributed by atoms with E-state index in [-0.39, 0.29) is 12.6 Å². The van der Waals surface area contributed by atoms with E-state index < -0.39 is 0 Å². The van der Waals surface area contributed by atoms with Crippen molar-refractivity contribution in [1.82, 2.24) is 9.80 Å². The zero-order chi connectivity index (χ0) is 17.5. The zero-order valence-corrected chi connectivity index (χ0v) is 14.4. The number of ether oxygens (including phenoxy) is 3. The summed E-state index contributed by atoms with van der Waals surface area (Å²) in [5.74, 6) is 1.45. The van der Waals surface area contributed by atoms with Crippen molar-refractivity contribution in [2.75, 3.05) is 66.0 Å². The normalized spacial score (nSPS) is 15.1. The Balaban J connectivity index is 2.04. The molecule has 1 aromatic rings. The Bertz CT molecular complexity index is 534. The number of aliphatic hydroxyl groups excluding tert-OH is 1. The minimum atomic E-state index is -0.173. The highest BCUT2D eigenvalue weighted by Crippen LogP contribution is 2.39. The SMILES string of the molecule is COc1cc(NC(=O)N2CCN(CCO)CC2)cc(OC)c1OC. The summed E-state index contributed by atoms with van der Waals surface area (Å²) in [6.07, 6.45) is 0. The average Bonchev–Trinajstić information content (AvgIpc) is 2.61. The molecule has 0 atom stereocenters. The van der Waals surface area contributed by atoms with Gasteiger partial charge in [0, 0.05) is 44.9 Å². The van der Waals surface area contributed by atoms with Crippen LogP contribution in [0.2, 0.25) is 0 Å². The lowest BCUT2D eigenvalue weighted by molar-refractivity contribution is 0.127. The molecule has 2 rings (SSSR count). The van der Waals surface area contributed by atoms with E-state index in [2.05, 4.69) is 10.2 Å². The smallest absolute Gasteiger partial charge is 0.321 e. The lowest BCUT2D eigenvalue weighted by atomic mass is 10.2. The maximum absolute atomic E-state index is 12.4. The summed E-state index contributed by atoms with van der Waals surface area (Å²) in [6.45, 7) is 3.53. The van der Waals surface area contributed by atoms with Crippen LogP contribution in [-0.4, -0.2) is 81.6 Å². The van der Waals surface area contributed by atoms with Gasteiger partial charge in [0.2, 0.25) is 5.75 Å². The number of methoxy groups -OCH3 is 3. The van der Waals surface area contributed by atoms with Crippen LogP contribution < -0.4 is 19.5 Å². The molecule has 8 nitrogen and oxygen atoms in total. The number of benzene rings is 1. The average molecular weight is 339 g/mol. The second-order valence-corrected chi connectivity index (χ2v) is 5.40. The number of amides is 2. The van der Waals surface area contributed by atoms with Crippen LogP contribution >= 0.6 is 0 Å². The summed E-state index contributed by atoms with van der Waals surface area (Å²) in [5.41, 5.74) is 0.576. The Labute approximate surface area is 141 Å². The van der Waals surface area contributed by atoms with E-state index in [9.17, 15) is 4.79 Å². The maximum Gasteiger partial charge on any atom is 0.321 e. The largest absolute Gasteiger partial charge is 0.493 e. The molecule has 1 fully saturated rings. The van der Waals surface area contributed by atoms with Gasteiger partial charge in [0.15, 0.2) is 11.5 Å². The molecule has 134 valence electrons. The fourth-order valence-corrected chi connectivity index (χ4v) is 2.67. The van der Waals surface area contributed by atoms with Crippen LogP contribution in [-0.2, 0) is 0 Å². The van der Waals surface area contributed by atoms with E-state index in [4.69, 9.17) is 19.3 Å². The predicted octanol–water partition coefficient (Wildman–Crippen LogP) is 0.854. The van der Waals surface area contributed by atoms with Crippen molar-refractivity contribution in [3.63, 3.8) is 0 Å². The number of carbonyl (C=O) groups excluding carboxylic acids is 1. The summed E-state index contributed by atoms with van der Waals surface area (Å²) in [6, 6.07) is 3.22. The molecular weight excluding hydrogens is 314 g/mol. The number of anilines is 1. The van der Waals surface area contributed by atoms with Gasteiger partial charge in [-0.1, -0.05) is 0 Å². The number of aliphatic hydroxyl groups is 1. The molecule has 0 bridgehead atoms. The standard InChI is InChI=1S/C16H25N3O5/c1-22-13-10-12(11-14(23-2)15(13)24-3)17-16(21)19-6-4-18(5-7-19)8-9-20/h10-11,20H,4-9H2,1-3H3,(H,17,21). The number of β-amino-alcohol motifs (C(OH)–C–C–N with tert-alkyl or cyclic N) is 1. The molecule has 1 aliphatic heterocycles. The first-order valence-electron chi connectivity index (χ1n) is 7.82. The number of hydrogen-bond acceptors (Lipinski definition) is 6. The first-order chi connectivity index (χ1) is 11.6. The number of hydrogen-bond donors (Lipinski definition) is 2. The van der Waals surface area contributed by atoms with Crippen molar-refractivity contribution >= 4 is 11.7 Å². The Hall–Kier alpha value is -2.19. The first kappa shape index (κ1) is 18.2. The quantitative estimate of drug-likeness (QED) is 0.800. The van der Waals surface area contributed by atoms with Gasteiger partial charge in [-0.05, 0) is 0 Å². The molecule has 0 radical (unpaired) electrons. The monoisotopic (exact) mass is 339 g/mol. The van der Waals surface area contributed by atoms with Crippen LogP contribution in [0.5, 0.6) is 17.2 Å². The summed E-state index contributed by atoms with van der Waals surface area (Å²) in [7, 11) is 4.59. The van der Waals surface area contributed by atoms with Gasteiger partial charge in [-0.2, -0.15) is 0 Å². The summed E-state index contributed by atoms with van der Waals surface area (Å²) >= 11 is 0. The molecule has 1 aliphatic rings. The molecule has 1 saturated heterocycles. The molecule has 8 heteroatoms. The molecule has 0 unspecified atom stereocenters. The van der Waals surface area contributed by atoms with Gasteiger partial charge in [-0.3, -0.25) is 4.90 Å². The summed E-state index contributed by atoms with van der Waals surface area (Å²) in [4.78, 5) is 16.3. The van der Waals surface area contributed by atoms with E-state index in [1.165, 1.54) is 21.3 Å². The van der Waals surface area contributed by atoms with Crippen LogP contribution in [0.3, 0.4) is 0 Å². The van der Waals surface area contributed by atoms with Crippen LogP contribution in [0.15, 0.2) is 12.1 Å². The van der Waals surface area contributed by atoms with E-state index in [0.717, 1.165) is 13.1 Å². The molecule has 1 aromatic carbocycles. The van der Waals surface area contributed by atoms with E-state index >= 15 is 0 Å². The van der Waals surface area contributed by atoms with Gasteiger partial charge in [0.05, 0.1) is 33.6 Å². The fraction of sp³-hybridized carbons (Fsp3) is 0.562. The predicted molar refractivity (Wildman–Crippen MR) is 90.2 cm³/mol. The van der Waals surface area contributed by atoms with Crippen molar-refractivity contribution in [3.05, 3.63) is 12.1 Å². The Morgan fingerprint density at radius 2 is 1.67 bits per heavy atom. The second kappa shape index (κ2) is 8.60. The number of rotatable bonds is 6. The molecule has 0 aromatic heterocycles. The number of carbonyl (C=O) groups is 1. The van der Waals surface area contributed by atoms with Gasteiger partial charge < -0.3 is 29.5 Å². The topological polar surface area (TPSA) is 83.5 Å². The van der Waals surface area contributed by atoms with Gasteiger partial charge >= 0.3 is 6.03 Å². The summed E-state index contributed by atoms with van der Waals surface area (Å²) < 4.78 is 15.8. The first-order valence-corrected chi connectivity index (χ1v) is 7.82. The van der Waals surface area contributed by atoms with Gasteiger partial charge in [-0.15, -0.1) is 0 Å². The molecule has 0 aliphatic carbocycles. The van der Waals surface area contributed by atoms with Crippen molar-refractivity contribution in [2.24, 2.45) is 0 Å². The van der Waals surface area contributed by atoms with Crippen molar-refractivity contribution in [1.29, 1.82) is 0 Å². The fourth-order valence-electron chi connectivity index (χ4n) is 2.67. The molecule has 0 spiro atoms. The molecule has 1 heterocycles. The Kier molecular flexibility index (Phi) is 6.51. The lowest BCUT2D eigenvalue weighted by Gasteiger charge is -2.34. The highest BCUT2D eigenvalue weighted by molar-refractivity contribution is 5.90. The van der Waals surface area contributed by atoms with Gasteiger partial charge in [0.1, 0.15) is 0 Å². The Morgan fingerprint density at radius 3 is 2.12 bits per heavy atom. The summed E-state index contributed by atoms with van der Waals surface area (Å²) in [5, 5.41) is 11.8. The van der Waals surface area contributed by atoms with Crippen LogP contribution in [0, 0.1) is 0 Å². The van der Waals surface area contributed by atoms with E-state index in [1.807, 2.05) is 0 Å². The molecular formula is C16H25N3O5. The van der Waals surface area contributed by atoms with Gasteiger partial charge in [-0.25, -0.2) is 4.79 Å². The number of nitrogens with zero attached hydrogens (tertiary/aromatic N) is 2. The van der Waals surface area contributed by atoms with Crippen LogP contribution in [0.1, 0.15) is 0 Å². The van der Waals surface area contributed by atoms with Crippen molar-refractivity contribution in [3.8, 4) is 17.2 Å². The molecule has 0 saturated carbocycles. The second-order valence-electron chi connectivity index (χ2n) is 5.40. The maximum atomic E-state index is 12.4. The zero-order valence-electron chi connectivity index (χ0n) is 14.4. The molecule has 2 amide bonds. The third-order valence-corrected chi connectivity index (χ3v) is 3.99. The third-order valence-electron chi connectivity index (χ3n) is 3.99. The lowest BCUT2D eigenvalue weighted by Crippen LogP contribution is -2.50. The van der Waals surface area contributed by atoms with E-state index in [1.54, 1.807) is 17.0 Å². The number of urea groups is 1. The highest BCUT2D eigenvalue weighted by atomic mass is 16.5. The highest BCUT2D eigenvalue weighted by Gasteiger charge is 2.22. The van der Waals surface area contributed by atoms with Crippen molar-refractivity contribution < 1.29 is 24.1 Å². The third kappa shape index (κ3) is 4.21. The van der Waals surface area contributed by atoms with Crippen LogP contribution in [0.25, 0.3) is 0 Å². The van der Waals surface area contributed by atoms with Crippen LogP contribution in [0.4, 0.5) is 10.5 Å².